The Hall–Kier alpha value is -2.88. The van der Waals surface area contributed by atoms with Crippen LogP contribution < -0.4 is 0 Å². The fourth-order valence-electron chi connectivity index (χ4n) is 3.40. The first kappa shape index (κ1) is 19.4. The van der Waals surface area contributed by atoms with Crippen molar-refractivity contribution in [3.63, 3.8) is 0 Å². The van der Waals surface area contributed by atoms with E-state index >= 15 is 0 Å². The van der Waals surface area contributed by atoms with Crippen molar-refractivity contribution in [1.82, 2.24) is 4.98 Å². The van der Waals surface area contributed by atoms with Crippen LogP contribution in [0.4, 0.5) is 0 Å². The first-order valence-corrected chi connectivity index (χ1v) is 9.97. The third-order valence-electron chi connectivity index (χ3n) is 4.63. The number of ether oxygens (including phenoxy) is 1. The van der Waals surface area contributed by atoms with Crippen LogP contribution in [0.5, 0.6) is 0 Å². The van der Waals surface area contributed by atoms with Crippen molar-refractivity contribution in [2.75, 3.05) is 6.61 Å². The Morgan fingerprint density at radius 2 is 1.45 bits per heavy atom. The Morgan fingerprint density at radius 1 is 0.862 bits per heavy atom. The zero-order valence-corrected chi connectivity index (χ0v) is 17.2. The van der Waals surface area contributed by atoms with Gasteiger partial charge in [-0.1, -0.05) is 83.9 Å². The average molecular weight is 422 g/mol. The Morgan fingerprint density at radius 3 is 2.07 bits per heavy atom. The summed E-state index contributed by atoms with van der Waals surface area (Å²) in [4.78, 5) is 18.0. The molecular weight excluding hydrogens is 405 g/mol. The minimum atomic E-state index is -0.458. The molecule has 0 saturated heterocycles. The van der Waals surface area contributed by atoms with Crippen molar-refractivity contribution in [1.29, 1.82) is 0 Å². The predicted molar refractivity (Wildman–Crippen MR) is 119 cm³/mol. The van der Waals surface area contributed by atoms with E-state index in [9.17, 15) is 4.79 Å². The van der Waals surface area contributed by atoms with E-state index in [0.717, 1.165) is 11.1 Å². The second kappa shape index (κ2) is 8.24. The zero-order valence-electron chi connectivity index (χ0n) is 15.7. The molecule has 4 aromatic rings. The number of hydrogen-bond acceptors (Lipinski definition) is 3. The highest BCUT2D eigenvalue weighted by Gasteiger charge is 2.26. The number of nitrogens with zero attached hydrogens (tertiary/aromatic N) is 1. The van der Waals surface area contributed by atoms with Gasteiger partial charge in [0, 0.05) is 16.5 Å². The smallest absolute Gasteiger partial charge is 0.339 e. The maximum atomic E-state index is 13.1. The molecular formula is C24H17Cl2NO2. The highest BCUT2D eigenvalue weighted by molar-refractivity contribution is 6.41. The van der Waals surface area contributed by atoms with E-state index in [2.05, 4.69) is 0 Å². The van der Waals surface area contributed by atoms with Crippen LogP contribution >= 0.6 is 23.2 Å². The van der Waals surface area contributed by atoms with Crippen LogP contribution in [0.25, 0.3) is 33.3 Å². The molecule has 144 valence electrons. The molecule has 3 nitrogen and oxygen atoms in total. The topological polar surface area (TPSA) is 39.2 Å². The molecule has 1 aromatic heterocycles. The molecule has 0 bridgehead atoms. The number of esters is 1. The lowest BCUT2D eigenvalue weighted by Gasteiger charge is -2.18. The van der Waals surface area contributed by atoms with Gasteiger partial charge in [0.1, 0.15) is 0 Å². The van der Waals surface area contributed by atoms with Crippen molar-refractivity contribution in [2.45, 2.75) is 6.92 Å². The molecule has 1 heterocycles. The molecule has 0 N–H and O–H groups in total. The number of pyridine rings is 1. The lowest BCUT2D eigenvalue weighted by Crippen LogP contribution is -2.10. The summed E-state index contributed by atoms with van der Waals surface area (Å²) >= 11 is 13.0. The molecule has 0 fully saturated rings. The van der Waals surface area contributed by atoms with Gasteiger partial charge in [-0.15, -0.1) is 0 Å². The van der Waals surface area contributed by atoms with Crippen molar-refractivity contribution >= 4 is 40.1 Å². The molecule has 0 aliphatic rings. The van der Waals surface area contributed by atoms with Gasteiger partial charge in [-0.3, -0.25) is 0 Å². The van der Waals surface area contributed by atoms with Crippen molar-refractivity contribution < 1.29 is 9.53 Å². The minimum Gasteiger partial charge on any atom is -0.462 e. The van der Waals surface area contributed by atoms with Gasteiger partial charge in [0.2, 0.25) is 0 Å². The number of fused-ring (bicyclic) bond motifs is 1. The number of aromatic nitrogens is 1. The fraction of sp³-hybridized carbons (Fsp3) is 0.0833. The monoisotopic (exact) mass is 421 g/mol. The van der Waals surface area contributed by atoms with E-state index in [1.165, 1.54) is 0 Å². The van der Waals surface area contributed by atoms with E-state index < -0.39 is 5.97 Å². The van der Waals surface area contributed by atoms with Crippen LogP contribution in [0, 0.1) is 0 Å². The molecule has 0 atom stereocenters. The number of benzene rings is 3. The summed E-state index contributed by atoms with van der Waals surface area (Å²) in [6, 6.07) is 22.7. The Balaban J connectivity index is 2.22. The summed E-state index contributed by atoms with van der Waals surface area (Å²) in [5.41, 5.74) is 3.88. The minimum absolute atomic E-state index is 0.246. The number of rotatable bonds is 4. The van der Waals surface area contributed by atoms with E-state index in [1.54, 1.807) is 19.1 Å². The second-order valence-electron chi connectivity index (χ2n) is 6.42. The van der Waals surface area contributed by atoms with Crippen molar-refractivity contribution in [3.8, 4) is 22.4 Å². The van der Waals surface area contributed by atoms with Gasteiger partial charge in [0.05, 0.1) is 33.4 Å². The molecule has 0 spiro atoms. The second-order valence-corrected chi connectivity index (χ2v) is 7.23. The van der Waals surface area contributed by atoms with Gasteiger partial charge in [-0.2, -0.15) is 0 Å². The average Bonchev–Trinajstić information content (AvgIpc) is 2.76. The van der Waals surface area contributed by atoms with Crippen LogP contribution in [-0.4, -0.2) is 17.6 Å². The lowest BCUT2D eigenvalue weighted by atomic mass is 9.91. The fourth-order valence-corrected chi connectivity index (χ4v) is 3.84. The first-order valence-electron chi connectivity index (χ1n) is 9.21. The lowest BCUT2D eigenvalue weighted by molar-refractivity contribution is 0.0529. The van der Waals surface area contributed by atoms with Crippen molar-refractivity contribution in [3.05, 3.63) is 88.4 Å². The van der Waals surface area contributed by atoms with E-state index in [0.29, 0.717) is 37.8 Å². The number of hydrogen-bond donors (Lipinski definition) is 0. The summed E-state index contributed by atoms with van der Waals surface area (Å²) in [6.45, 7) is 2.02. The van der Waals surface area contributed by atoms with Gasteiger partial charge in [0.25, 0.3) is 0 Å². The molecule has 29 heavy (non-hydrogen) atoms. The zero-order chi connectivity index (χ0) is 20.4. The molecule has 3 aromatic carbocycles. The Labute approximate surface area is 178 Å². The SMILES string of the molecule is CCOC(=O)c1c(-c2ccccc2)c(-c2ccccc2)nc2c(Cl)ccc(Cl)c12. The molecule has 0 radical (unpaired) electrons. The van der Waals surface area contributed by atoms with E-state index in [-0.39, 0.29) is 6.61 Å². The molecule has 0 amide bonds. The number of halogens is 2. The predicted octanol–water partition coefficient (Wildman–Crippen LogP) is 7.05. The molecule has 0 unspecified atom stereocenters. The summed E-state index contributed by atoms with van der Waals surface area (Å²) in [6.07, 6.45) is 0. The summed E-state index contributed by atoms with van der Waals surface area (Å²) in [5.74, 6) is -0.458. The largest absolute Gasteiger partial charge is 0.462 e. The van der Waals surface area contributed by atoms with Crippen LogP contribution in [0.1, 0.15) is 17.3 Å². The van der Waals surface area contributed by atoms with Gasteiger partial charge in [-0.25, -0.2) is 9.78 Å². The van der Waals surface area contributed by atoms with Crippen LogP contribution in [0.15, 0.2) is 72.8 Å². The highest BCUT2D eigenvalue weighted by atomic mass is 35.5. The molecule has 5 heteroatoms. The Kier molecular flexibility index (Phi) is 5.52. The van der Waals surface area contributed by atoms with Crippen LogP contribution in [0.2, 0.25) is 10.0 Å². The quantitative estimate of drug-likeness (QED) is 0.331. The maximum Gasteiger partial charge on any atom is 0.339 e. The van der Waals surface area contributed by atoms with Gasteiger partial charge in [-0.05, 0) is 24.6 Å². The molecule has 0 saturated carbocycles. The Bertz CT molecular complexity index is 1190. The van der Waals surface area contributed by atoms with Crippen LogP contribution in [-0.2, 0) is 4.74 Å². The highest BCUT2D eigenvalue weighted by Crippen LogP contribution is 2.42. The van der Waals surface area contributed by atoms with Gasteiger partial charge >= 0.3 is 5.97 Å². The molecule has 4 rings (SSSR count). The molecule has 0 aliphatic carbocycles. The van der Waals surface area contributed by atoms with Gasteiger partial charge < -0.3 is 4.74 Å². The van der Waals surface area contributed by atoms with E-state index in [1.807, 2.05) is 60.7 Å². The first-order chi connectivity index (χ1) is 14.1. The normalized spacial score (nSPS) is 10.9. The van der Waals surface area contributed by atoms with E-state index in [4.69, 9.17) is 32.9 Å². The summed E-state index contributed by atoms with van der Waals surface area (Å²) in [7, 11) is 0. The van der Waals surface area contributed by atoms with Crippen LogP contribution in [0.3, 0.4) is 0 Å². The third-order valence-corrected chi connectivity index (χ3v) is 5.25. The third kappa shape index (κ3) is 3.59. The molecule has 0 aliphatic heterocycles. The van der Waals surface area contributed by atoms with Crippen molar-refractivity contribution in [2.24, 2.45) is 0 Å². The van der Waals surface area contributed by atoms with Gasteiger partial charge in [0.15, 0.2) is 0 Å². The summed E-state index contributed by atoms with van der Waals surface area (Å²) in [5, 5.41) is 1.32. The number of carbonyl (C=O) groups excluding carboxylic acids is 1. The summed E-state index contributed by atoms with van der Waals surface area (Å²) < 4.78 is 5.42. The maximum absolute atomic E-state index is 13.1. The number of carbonyl (C=O) groups is 1. The standard InChI is InChI=1S/C24H17Cl2NO2/c1-2-29-24(28)21-19(15-9-5-3-6-10-15)22(16-11-7-4-8-12-16)27-23-18(26)14-13-17(25)20(21)23/h3-14H,2H2,1H3.